The van der Waals surface area contributed by atoms with Crippen LogP contribution in [-0.2, 0) is 7.05 Å². The maximum Gasteiger partial charge on any atom is 0.185 e. The minimum atomic E-state index is 0.338. The molecule has 0 fully saturated rings. The van der Waals surface area contributed by atoms with E-state index in [0.29, 0.717) is 6.04 Å². The van der Waals surface area contributed by atoms with Crippen LogP contribution in [0, 0.1) is 13.8 Å². The summed E-state index contributed by atoms with van der Waals surface area (Å²) in [6.07, 6.45) is 2.74. The lowest BCUT2D eigenvalue weighted by Gasteiger charge is -2.19. The molecule has 0 aliphatic rings. The Morgan fingerprint density at radius 2 is 1.95 bits per heavy atom. The number of nitrogens with one attached hydrogen (secondary N) is 1. The fourth-order valence-electron chi connectivity index (χ4n) is 2.38. The first-order chi connectivity index (χ1) is 10.1. The van der Waals surface area contributed by atoms with Crippen molar-refractivity contribution in [3.63, 3.8) is 0 Å². The molecule has 0 spiro atoms. The van der Waals surface area contributed by atoms with Gasteiger partial charge in [0.1, 0.15) is 6.33 Å². The number of rotatable bonds is 7. The Morgan fingerprint density at radius 1 is 1.24 bits per heavy atom. The molecule has 0 radical (unpaired) electrons. The van der Waals surface area contributed by atoms with Gasteiger partial charge < -0.3 is 5.32 Å². The quantitative estimate of drug-likeness (QED) is 0.797. The van der Waals surface area contributed by atoms with E-state index in [-0.39, 0.29) is 0 Å². The molecule has 114 valence electrons. The Kier molecular flexibility index (Phi) is 5.82. The molecular weight excluding hydrogens is 280 g/mol. The standard InChI is InChI=1S/C16H24N4S/c1-5-6-17-15(10-21-16-18-11-19-20(16)4)14-8-12(2)7-13(3)9-14/h7-9,11,15,17H,5-6,10H2,1-4H3. The highest BCUT2D eigenvalue weighted by molar-refractivity contribution is 7.99. The van der Waals surface area contributed by atoms with Crippen LogP contribution in [0.1, 0.15) is 36.1 Å². The van der Waals surface area contributed by atoms with E-state index in [9.17, 15) is 0 Å². The van der Waals surface area contributed by atoms with Crippen LogP contribution in [0.5, 0.6) is 0 Å². The van der Waals surface area contributed by atoms with Gasteiger partial charge in [-0.2, -0.15) is 5.10 Å². The highest BCUT2D eigenvalue weighted by atomic mass is 32.2. The normalized spacial score (nSPS) is 12.6. The summed E-state index contributed by atoms with van der Waals surface area (Å²) in [5.41, 5.74) is 3.99. The van der Waals surface area contributed by atoms with Crippen molar-refractivity contribution in [2.24, 2.45) is 7.05 Å². The predicted octanol–water partition coefficient (Wildman–Crippen LogP) is 3.26. The van der Waals surface area contributed by atoms with Crippen LogP contribution in [0.25, 0.3) is 0 Å². The summed E-state index contributed by atoms with van der Waals surface area (Å²) in [6, 6.07) is 7.11. The van der Waals surface area contributed by atoms with E-state index >= 15 is 0 Å². The van der Waals surface area contributed by atoms with Crippen molar-refractivity contribution in [3.05, 3.63) is 41.2 Å². The summed E-state index contributed by atoms with van der Waals surface area (Å²) >= 11 is 1.75. The fourth-order valence-corrected chi connectivity index (χ4v) is 3.36. The first-order valence-electron chi connectivity index (χ1n) is 7.38. The molecule has 0 saturated heterocycles. The lowest BCUT2D eigenvalue weighted by Crippen LogP contribution is -2.24. The van der Waals surface area contributed by atoms with E-state index in [1.807, 2.05) is 11.7 Å². The van der Waals surface area contributed by atoms with Crippen LogP contribution in [-0.4, -0.2) is 27.1 Å². The molecule has 1 N–H and O–H groups in total. The van der Waals surface area contributed by atoms with Crippen molar-refractivity contribution >= 4 is 11.8 Å². The molecule has 2 aromatic rings. The van der Waals surface area contributed by atoms with E-state index in [1.165, 1.54) is 16.7 Å². The zero-order valence-corrected chi connectivity index (χ0v) is 14.1. The van der Waals surface area contributed by atoms with Gasteiger partial charge in [-0.1, -0.05) is 48.0 Å². The fraction of sp³-hybridized carbons (Fsp3) is 0.500. The van der Waals surface area contributed by atoms with Crippen LogP contribution in [0.3, 0.4) is 0 Å². The molecule has 0 saturated carbocycles. The Labute approximate surface area is 131 Å². The van der Waals surface area contributed by atoms with E-state index in [2.05, 4.69) is 54.4 Å². The van der Waals surface area contributed by atoms with Crippen molar-refractivity contribution in [2.45, 2.75) is 38.4 Å². The van der Waals surface area contributed by atoms with Crippen LogP contribution in [0.15, 0.2) is 29.7 Å². The molecule has 0 amide bonds. The lowest BCUT2D eigenvalue weighted by atomic mass is 10.0. The number of nitrogens with zero attached hydrogens (tertiary/aromatic N) is 3. The summed E-state index contributed by atoms with van der Waals surface area (Å²) in [6.45, 7) is 7.53. The summed E-state index contributed by atoms with van der Waals surface area (Å²) in [5.74, 6) is 0.954. The Hall–Kier alpha value is -1.33. The number of hydrogen-bond donors (Lipinski definition) is 1. The number of thioether (sulfide) groups is 1. The van der Waals surface area contributed by atoms with Gasteiger partial charge in [0.2, 0.25) is 0 Å². The van der Waals surface area contributed by atoms with Crippen molar-refractivity contribution in [1.29, 1.82) is 0 Å². The molecule has 1 atom stereocenters. The molecule has 1 aromatic heterocycles. The van der Waals surface area contributed by atoms with E-state index in [1.54, 1.807) is 18.1 Å². The van der Waals surface area contributed by atoms with Crippen LogP contribution >= 0.6 is 11.8 Å². The van der Waals surface area contributed by atoms with Gasteiger partial charge in [-0.25, -0.2) is 9.67 Å². The van der Waals surface area contributed by atoms with Crippen LogP contribution < -0.4 is 5.32 Å². The number of aromatic nitrogens is 3. The first-order valence-corrected chi connectivity index (χ1v) is 8.37. The summed E-state index contributed by atoms with van der Waals surface area (Å²) in [4.78, 5) is 4.28. The zero-order chi connectivity index (χ0) is 15.2. The smallest absolute Gasteiger partial charge is 0.185 e. The number of hydrogen-bond acceptors (Lipinski definition) is 4. The second-order valence-electron chi connectivity index (χ2n) is 5.40. The van der Waals surface area contributed by atoms with E-state index in [4.69, 9.17) is 0 Å². The van der Waals surface area contributed by atoms with Gasteiger partial charge in [0.25, 0.3) is 0 Å². The number of aryl methyl sites for hydroxylation is 3. The average Bonchev–Trinajstić information content (AvgIpc) is 2.83. The van der Waals surface area contributed by atoms with Crippen molar-refractivity contribution in [2.75, 3.05) is 12.3 Å². The number of benzene rings is 1. The molecule has 0 bridgehead atoms. The third-order valence-corrected chi connectivity index (χ3v) is 4.46. The molecule has 0 aliphatic heterocycles. The van der Waals surface area contributed by atoms with Gasteiger partial charge in [0.15, 0.2) is 5.16 Å². The molecule has 2 rings (SSSR count). The maximum atomic E-state index is 4.28. The van der Waals surface area contributed by atoms with E-state index in [0.717, 1.165) is 23.9 Å². The van der Waals surface area contributed by atoms with Crippen molar-refractivity contribution < 1.29 is 0 Å². The summed E-state index contributed by atoms with van der Waals surface area (Å²) < 4.78 is 1.82. The van der Waals surface area contributed by atoms with Crippen LogP contribution in [0.4, 0.5) is 0 Å². The highest BCUT2D eigenvalue weighted by Gasteiger charge is 2.13. The van der Waals surface area contributed by atoms with Gasteiger partial charge >= 0.3 is 0 Å². The molecule has 1 unspecified atom stereocenters. The first kappa shape index (κ1) is 16.0. The van der Waals surface area contributed by atoms with Gasteiger partial charge in [0, 0.05) is 18.8 Å². The van der Waals surface area contributed by atoms with E-state index < -0.39 is 0 Å². The second-order valence-corrected chi connectivity index (χ2v) is 6.39. The largest absolute Gasteiger partial charge is 0.309 e. The topological polar surface area (TPSA) is 42.7 Å². The predicted molar refractivity (Wildman–Crippen MR) is 88.7 cm³/mol. The Morgan fingerprint density at radius 3 is 2.52 bits per heavy atom. The Bertz CT molecular complexity index is 559. The van der Waals surface area contributed by atoms with Crippen molar-refractivity contribution in [3.8, 4) is 0 Å². The third-order valence-electron chi connectivity index (χ3n) is 3.34. The molecule has 4 nitrogen and oxygen atoms in total. The molecule has 21 heavy (non-hydrogen) atoms. The molecule has 5 heteroatoms. The molecule has 1 aromatic carbocycles. The second kappa shape index (κ2) is 7.61. The van der Waals surface area contributed by atoms with Gasteiger partial charge in [-0.3, -0.25) is 0 Å². The van der Waals surface area contributed by atoms with Crippen molar-refractivity contribution in [1.82, 2.24) is 20.1 Å². The third kappa shape index (κ3) is 4.58. The molecule has 1 heterocycles. The lowest BCUT2D eigenvalue weighted by molar-refractivity contribution is 0.575. The monoisotopic (exact) mass is 304 g/mol. The SMILES string of the molecule is CCCNC(CSc1ncnn1C)c1cc(C)cc(C)c1. The molecule has 0 aliphatic carbocycles. The molecular formula is C16H24N4S. The average molecular weight is 304 g/mol. The minimum Gasteiger partial charge on any atom is -0.309 e. The van der Waals surface area contributed by atoms with Gasteiger partial charge in [-0.15, -0.1) is 0 Å². The van der Waals surface area contributed by atoms with Gasteiger partial charge in [0.05, 0.1) is 0 Å². The summed E-state index contributed by atoms with van der Waals surface area (Å²) in [7, 11) is 1.93. The van der Waals surface area contributed by atoms with Gasteiger partial charge in [-0.05, 0) is 32.4 Å². The highest BCUT2D eigenvalue weighted by Crippen LogP contribution is 2.24. The zero-order valence-electron chi connectivity index (χ0n) is 13.3. The van der Waals surface area contributed by atoms with Crippen LogP contribution in [0.2, 0.25) is 0 Å². The summed E-state index contributed by atoms with van der Waals surface area (Å²) in [5, 5.41) is 8.73. The maximum absolute atomic E-state index is 4.28. The minimum absolute atomic E-state index is 0.338. The Balaban J connectivity index is 2.11.